The second kappa shape index (κ2) is 11.4. The summed E-state index contributed by atoms with van der Waals surface area (Å²) in [5, 5.41) is 5.86. The molecule has 2 aliphatic rings. The van der Waals surface area contributed by atoms with Gasteiger partial charge in [0.25, 0.3) is 11.8 Å². The molecule has 1 N–H and O–H groups in total. The highest BCUT2D eigenvalue weighted by molar-refractivity contribution is 6.28. The van der Waals surface area contributed by atoms with E-state index in [9.17, 15) is 9.59 Å². The van der Waals surface area contributed by atoms with Crippen LogP contribution in [0.1, 0.15) is 70.3 Å². The SMILES string of the molecule is C=Cc1c(C=C)n2c3c1c1c(c4c5ccccc5n(c43)C(OC)CC(N(C)C(=O)c3ccccc3)C2OC)C(=O)NC1.CC. The Balaban J connectivity index is 0.00000168. The summed E-state index contributed by atoms with van der Waals surface area (Å²) in [6, 6.07) is 16.9. The molecule has 0 bridgehead atoms. The van der Waals surface area contributed by atoms with Gasteiger partial charge in [-0.1, -0.05) is 69.5 Å². The van der Waals surface area contributed by atoms with Crippen LogP contribution < -0.4 is 5.32 Å². The molecule has 226 valence electrons. The average Bonchev–Trinajstić information content (AvgIpc) is 3.72. The van der Waals surface area contributed by atoms with Gasteiger partial charge in [-0.25, -0.2) is 0 Å². The van der Waals surface area contributed by atoms with Gasteiger partial charge in [-0.2, -0.15) is 0 Å². The molecular formula is C36H38N4O4. The minimum Gasteiger partial charge on any atom is -0.361 e. The van der Waals surface area contributed by atoms with Crippen molar-refractivity contribution in [3.8, 4) is 0 Å². The number of nitrogens with zero attached hydrogens (tertiary/aromatic N) is 3. The topological polar surface area (TPSA) is 77.7 Å². The zero-order valence-electron chi connectivity index (χ0n) is 25.9. The van der Waals surface area contributed by atoms with E-state index in [1.165, 1.54) is 0 Å². The van der Waals surface area contributed by atoms with E-state index in [0.717, 1.165) is 49.5 Å². The maximum absolute atomic E-state index is 13.9. The van der Waals surface area contributed by atoms with Crippen LogP contribution >= 0.6 is 0 Å². The summed E-state index contributed by atoms with van der Waals surface area (Å²) in [5.41, 5.74) is 6.64. The number of hydrogen-bond acceptors (Lipinski definition) is 4. The molecule has 0 aliphatic carbocycles. The number of fused-ring (bicyclic) bond motifs is 6. The van der Waals surface area contributed by atoms with Crippen molar-refractivity contribution in [1.29, 1.82) is 0 Å². The number of carbonyl (C=O) groups is 2. The normalized spacial score (nSPS) is 18.8. The number of ether oxygens (including phenoxy) is 2. The lowest BCUT2D eigenvalue weighted by atomic mass is 9.96. The van der Waals surface area contributed by atoms with Crippen LogP contribution in [0.2, 0.25) is 0 Å². The largest absolute Gasteiger partial charge is 0.361 e. The van der Waals surface area contributed by atoms with Crippen molar-refractivity contribution >= 4 is 56.7 Å². The number of hydrogen-bond donors (Lipinski definition) is 1. The number of likely N-dealkylation sites (N-methyl/N-ethyl adjacent to an activating group) is 1. The predicted octanol–water partition coefficient (Wildman–Crippen LogP) is 7.14. The summed E-state index contributed by atoms with van der Waals surface area (Å²) in [6.45, 7) is 12.8. The maximum Gasteiger partial charge on any atom is 0.254 e. The van der Waals surface area contributed by atoms with E-state index in [4.69, 9.17) is 9.47 Å². The predicted molar refractivity (Wildman–Crippen MR) is 177 cm³/mol. The first kappa shape index (κ1) is 29.4. The molecule has 0 fully saturated rings. The van der Waals surface area contributed by atoms with Crippen LogP contribution in [0.5, 0.6) is 0 Å². The molecule has 4 heterocycles. The van der Waals surface area contributed by atoms with Crippen molar-refractivity contribution in [2.45, 2.75) is 45.3 Å². The Hall–Kier alpha value is -4.66. The van der Waals surface area contributed by atoms with Gasteiger partial charge < -0.3 is 28.8 Å². The van der Waals surface area contributed by atoms with Gasteiger partial charge in [0, 0.05) is 61.5 Å². The number of carbonyl (C=O) groups excluding carboxylic acids is 2. The lowest BCUT2D eigenvalue weighted by Gasteiger charge is -2.39. The van der Waals surface area contributed by atoms with Crippen molar-refractivity contribution < 1.29 is 19.1 Å². The van der Waals surface area contributed by atoms with Gasteiger partial charge in [0.1, 0.15) is 6.23 Å². The number of para-hydroxylation sites is 1. The van der Waals surface area contributed by atoms with Gasteiger partial charge in [0.05, 0.1) is 33.8 Å². The molecule has 44 heavy (non-hydrogen) atoms. The fraction of sp³-hybridized carbons (Fsp3) is 0.278. The number of aromatic nitrogens is 2. The number of amides is 2. The standard InChI is InChI=1S/C34H32N4O4.C2H6/c1-6-20-23(7-2)38-30-27(20)22-18-35-32(39)29(22)28-21-15-11-12-16-24(21)37(31(28)30)26(41-4)17-25(34(38)42-5)36(3)33(40)19-13-9-8-10-14-19;1-2/h6-16,25-26,34H,1-2,17-18H2,3-5H3,(H,35,39);1-2H3. The third-order valence-electron chi connectivity index (χ3n) is 8.99. The van der Waals surface area contributed by atoms with E-state index >= 15 is 0 Å². The third kappa shape index (κ3) is 3.98. The average molecular weight is 591 g/mol. The number of rotatable bonds is 6. The molecule has 5 aromatic rings. The smallest absolute Gasteiger partial charge is 0.254 e. The molecule has 2 aromatic heterocycles. The molecule has 7 rings (SSSR count). The summed E-state index contributed by atoms with van der Waals surface area (Å²) in [4.78, 5) is 29.1. The van der Waals surface area contributed by atoms with Crippen molar-refractivity contribution in [2.75, 3.05) is 21.3 Å². The van der Waals surface area contributed by atoms with Crippen LogP contribution in [0, 0.1) is 0 Å². The Morgan fingerprint density at radius 3 is 2.30 bits per heavy atom. The molecule has 8 nitrogen and oxygen atoms in total. The third-order valence-corrected chi connectivity index (χ3v) is 8.99. The summed E-state index contributed by atoms with van der Waals surface area (Å²) in [5.74, 6) is -0.208. The molecule has 0 spiro atoms. The quantitative estimate of drug-likeness (QED) is 0.228. The summed E-state index contributed by atoms with van der Waals surface area (Å²) >= 11 is 0. The van der Waals surface area contributed by atoms with E-state index < -0.39 is 18.5 Å². The van der Waals surface area contributed by atoms with Gasteiger partial charge in [-0.3, -0.25) is 9.59 Å². The Labute approximate surface area is 257 Å². The Bertz CT molecular complexity index is 1950. The van der Waals surface area contributed by atoms with Gasteiger partial charge in [0.2, 0.25) is 0 Å². The molecule has 8 heteroatoms. The molecular weight excluding hydrogens is 552 g/mol. The number of benzene rings is 3. The number of methoxy groups -OCH3 is 2. The second-order valence-corrected chi connectivity index (χ2v) is 10.8. The fourth-order valence-corrected chi connectivity index (χ4v) is 7.20. The Morgan fingerprint density at radius 1 is 0.955 bits per heavy atom. The molecule has 0 radical (unpaired) electrons. The lowest BCUT2D eigenvalue weighted by molar-refractivity contribution is -0.0540. The van der Waals surface area contributed by atoms with E-state index in [-0.39, 0.29) is 11.8 Å². The summed E-state index contributed by atoms with van der Waals surface area (Å²) in [6.07, 6.45) is 3.01. The van der Waals surface area contributed by atoms with Crippen LogP contribution in [0.15, 0.2) is 67.8 Å². The highest BCUT2D eigenvalue weighted by atomic mass is 16.5. The van der Waals surface area contributed by atoms with Crippen molar-refractivity contribution in [1.82, 2.24) is 19.4 Å². The maximum atomic E-state index is 13.9. The minimum atomic E-state index is -0.595. The molecule has 2 aliphatic heterocycles. The zero-order chi connectivity index (χ0) is 31.3. The molecule has 0 saturated heterocycles. The van der Waals surface area contributed by atoms with E-state index in [1.807, 2.05) is 75.5 Å². The van der Waals surface area contributed by atoms with Crippen LogP contribution in [-0.4, -0.2) is 53.2 Å². The highest BCUT2D eigenvalue weighted by Crippen LogP contribution is 2.49. The number of nitrogens with one attached hydrogen (secondary N) is 1. The Morgan fingerprint density at radius 2 is 1.64 bits per heavy atom. The minimum absolute atomic E-state index is 0.0943. The van der Waals surface area contributed by atoms with Gasteiger partial charge >= 0.3 is 0 Å². The monoisotopic (exact) mass is 590 g/mol. The van der Waals surface area contributed by atoms with Crippen molar-refractivity contribution in [2.24, 2.45) is 0 Å². The second-order valence-electron chi connectivity index (χ2n) is 10.8. The van der Waals surface area contributed by atoms with Gasteiger partial charge in [-0.05, 0) is 29.8 Å². The molecule has 3 unspecified atom stereocenters. The van der Waals surface area contributed by atoms with E-state index in [1.54, 1.807) is 19.1 Å². The zero-order valence-corrected chi connectivity index (χ0v) is 25.9. The molecule has 3 aromatic carbocycles. The van der Waals surface area contributed by atoms with E-state index in [0.29, 0.717) is 24.1 Å². The van der Waals surface area contributed by atoms with E-state index in [2.05, 4.69) is 39.7 Å². The summed E-state index contributed by atoms with van der Waals surface area (Å²) < 4.78 is 16.9. The van der Waals surface area contributed by atoms with Crippen LogP contribution in [0.4, 0.5) is 0 Å². The molecule has 3 atom stereocenters. The first-order valence-corrected chi connectivity index (χ1v) is 15.0. The van der Waals surface area contributed by atoms with Crippen molar-refractivity contribution in [3.63, 3.8) is 0 Å². The van der Waals surface area contributed by atoms with Crippen LogP contribution in [0.3, 0.4) is 0 Å². The van der Waals surface area contributed by atoms with Crippen LogP contribution in [0.25, 0.3) is 44.9 Å². The lowest BCUT2D eigenvalue weighted by Crippen LogP contribution is -2.45. The fourth-order valence-electron chi connectivity index (χ4n) is 7.20. The Kier molecular flexibility index (Phi) is 7.65. The van der Waals surface area contributed by atoms with Crippen LogP contribution in [-0.2, 0) is 16.0 Å². The first-order chi connectivity index (χ1) is 21.5. The van der Waals surface area contributed by atoms with Crippen molar-refractivity contribution in [3.05, 3.63) is 95.7 Å². The highest BCUT2D eigenvalue weighted by Gasteiger charge is 2.41. The first-order valence-electron chi connectivity index (χ1n) is 15.0. The molecule has 0 saturated carbocycles. The summed E-state index contributed by atoms with van der Waals surface area (Å²) in [7, 11) is 5.17. The van der Waals surface area contributed by atoms with Gasteiger partial charge in [-0.15, -0.1) is 0 Å². The van der Waals surface area contributed by atoms with Gasteiger partial charge in [0.15, 0.2) is 6.23 Å². The molecule has 2 amide bonds.